The van der Waals surface area contributed by atoms with E-state index in [1.165, 1.54) is 11.3 Å². The van der Waals surface area contributed by atoms with Gasteiger partial charge in [-0.05, 0) is 40.2 Å². The van der Waals surface area contributed by atoms with Gasteiger partial charge in [-0.25, -0.2) is 0 Å². The summed E-state index contributed by atoms with van der Waals surface area (Å²) in [5.41, 5.74) is 2.37. The highest BCUT2D eigenvalue weighted by atomic mass is 35.5. The fourth-order valence-corrected chi connectivity index (χ4v) is 2.15. The maximum atomic E-state index is 4.58. The summed E-state index contributed by atoms with van der Waals surface area (Å²) in [5, 5.41) is 12.4. The van der Waals surface area contributed by atoms with Crippen LogP contribution in [0.4, 0.5) is 5.82 Å². The van der Waals surface area contributed by atoms with Crippen LogP contribution in [0.2, 0.25) is 0 Å². The third-order valence-electron chi connectivity index (χ3n) is 3.64. The summed E-state index contributed by atoms with van der Waals surface area (Å²) in [5.74, 6) is 0.954. The van der Waals surface area contributed by atoms with Crippen LogP contribution in [0, 0.1) is 6.92 Å². The Bertz CT molecular complexity index is 558. The quantitative estimate of drug-likeness (QED) is 0.878. The van der Waals surface area contributed by atoms with E-state index in [9.17, 15) is 0 Å². The van der Waals surface area contributed by atoms with E-state index in [1.807, 2.05) is 10.9 Å². The average molecular weight is 312 g/mol. The van der Waals surface area contributed by atoms with Crippen LogP contribution in [-0.2, 0) is 6.54 Å². The summed E-state index contributed by atoms with van der Waals surface area (Å²) in [7, 11) is 0. The molecule has 2 heterocycles. The third-order valence-corrected chi connectivity index (χ3v) is 3.64. The zero-order valence-electron chi connectivity index (χ0n) is 13.5. The fraction of sp³-hybridized carbons (Fsp3) is 0.600. The van der Waals surface area contributed by atoms with E-state index in [-0.39, 0.29) is 12.4 Å². The van der Waals surface area contributed by atoms with Crippen LogP contribution < -0.4 is 5.32 Å². The van der Waals surface area contributed by atoms with Crippen LogP contribution >= 0.6 is 12.4 Å². The summed E-state index contributed by atoms with van der Waals surface area (Å²) in [6.45, 7) is 11.5. The van der Waals surface area contributed by atoms with Gasteiger partial charge in [-0.2, -0.15) is 10.2 Å². The second-order valence-electron chi connectivity index (χ2n) is 5.61. The van der Waals surface area contributed by atoms with Gasteiger partial charge in [0.2, 0.25) is 0 Å². The van der Waals surface area contributed by atoms with Gasteiger partial charge in [-0.1, -0.05) is 6.92 Å². The first kappa shape index (κ1) is 17.6. The molecule has 2 aromatic rings. The lowest BCUT2D eigenvalue weighted by molar-refractivity contribution is 0.462. The highest BCUT2D eigenvalue weighted by Crippen LogP contribution is 2.17. The first-order valence-electron chi connectivity index (χ1n) is 7.35. The lowest BCUT2D eigenvalue weighted by Gasteiger charge is -2.14. The zero-order valence-corrected chi connectivity index (χ0v) is 14.3. The predicted molar refractivity (Wildman–Crippen MR) is 89.2 cm³/mol. The Labute approximate surface area is 133 Å². The fourth-order valence-electron chi connectivity index (χ4n) is 2.15. The van der Waals surface area contributed by atoms with Crippen molar-refractivity contribution >= 4 is 18.2 Å². The largest absolute Gasteiger partial charge is 0.363 e. The van der Waals surface area contributed by atoms with Gasteiger partial charge in [-0.3, -0.25) is 9.36 Å². The normalized spacial score (nSPS) is 12.3. The number of hydrogen-bond donors (Lipinski definition) is 1. The van der Waals surface area contributed by atoms with E-state index >= 15 is 0 Å². The smallest absolute Gasteiger partial charge is 0.151 e. The van der Waals surface area contributed by atoms with Crippen LogP contribution in [0.1, 0.15) is 57.5 Å². The molecule has 1 atom stereocenters. The molecule has 0 saturated carbocycles. The molecule has 0 spiro atoms. The molecule has 0 bridgehead atoms. The molecule has 1 unspecified atom stereocenters. The highest BCUT2D eigenvalue weighted by Gasteiger charge is 2.10. The SMILES string of the molecule is CCC(C)n1nccc1CNc1nn(C(C)C)cc1C.Cl. The Balaban J connectivity index is 0.00000220. The molecule has 2 rings (SSSR count). The van der Waals surface area contributed by atoms with Gasteiger partial charge >= 0.3 is 0 Å². The van der Waals surface area contributed by atoms with Gasteiger partial charge in [0.1, 0.15) is 0 Å². The standard InChI is InChI=1S/C15H25N5.ClH/c1-6-13(5)20-14(7-8-17-20)9-16-15-12(4)10-19(18-15)11(2)3;/h7-8,10-11,13H,6,9H2,1-5H3,(H,16,18);1H. The van der Waals surface area contributed by atoms with Gasteiger partial charge in [0.25, 0.3) is 0 Å². The van der Waals surface area contributed by atoms with Crippen molar-refractivity contribution in [1.82, 2.24) is 19.6 Å². The molecule has 0 aliphatic carbocycles. The number of halogens is 1. The molecule has 6 heteroatoms. The van der Waals surface area contributed by atoms with Crippen LogP contribution in [0.25, 0.3) is 0 Å². The Kier molecular flexibility index (Phi) is 6.27. The maximum absolute atomic E-state index is 4.58. The number of aromatic nitrogens is 4. The molecule has 1 N–H and O–H groups in total. The highest BCUT2D eigenvalue weighted by molar-refractivity contribution is 5.85. The Morgan fingerprint density at radius 1 is 1.29 bits per heavy atom. The van der Waals surface area contributed by atoms with E-state index in [0.29, 0.717) is 12.1 Å². The molecule has 0 aromatic carbocycles. The molecule has 5 nitrogen and oxygen atoms in total. The number of anilines is 1. The number of hydrogen-bond acceptors (Lipinski definition) is 3. The van der Waals surface area contributed by atoms with E-state index in [0.717, 1.165) is 18.8 Å². The molecule has 0 fully saturated rings. The number of rotatable bonds is 6. The van der Waals surface area contributed by atoms with Crippen LogP contribution in [0.15, 0.2) is 18.5 Å². The van der Waals surface area contributed by atoms with Crippen LogP contribution in [0.3, 0.4) is 0 Å². The van der Waals surface area contributed by atoms with Crippen molar-refractivity contribution in [3.05, 3.63) is 29.7 Å². The van der Waals surface area contributed by atoms with Crippen molar-refractivity contribution < 1.29 is 0 Å². The zero-order chi connectivity index (χ0) is 14.7. The number of aryl methyl sites for hydroxylation is 1. The van der Waals surface area contributed by atoms with Crippen molar-refractivity contribution in [1.29, 1.82) is 0 Å². The van der Waals surface area contributed by atoms with Crippen molar-refractivity contribution in [2.75, 3.05) is 5.32 Å². The molecule has 0 radical (unpaired) electrons. The predicted octanol–water partition coefficient (Wildman–Crippen LogP) is 3.97. The average Bonchev–Trinajstić information content (AvgIpc) is 3.02. The Morgan fingerprint density at radius 3 is 2.57 bits per heavy atom. The second kappa shape index (κ2) is 7.50. The summed E-state index contributed by atoms with van der Waals surface area (Å²) < 4.78 is 4.07. The maximum Gasteiger partial charge on any atom is 0.151 e. The molecule has 2 aromatic heterocycles. The summed E-state index contributed by atoms with van der Waals surface area (Å²) >= 11 is 0. The number of nitrogens with zero attached hydrogens (tertiary/aromatic N) is 4. The summed E-state index contributed by atoms with van der Waals surface area (Å²) in [6.07, 6.45) is 5.03. The Hall–Kier alpha value is -1.49. The lowest BCUT2D eigenvalue weighted by Crippen LogP contribution is -2.13. The monoisotopic (exact) mass is 311 g/mol. The van der Waals surface area contributed by atoms with Gasteiger partial charge in [0.15, 0.2) is 5.82 Å². The third kappa shape index (κ3) is 4.00. The second-order valence-corrected chi connectivity index (χ2v) is 5.61. The van der Waals surface area contributed by atoms with Gasteiger partial charge in [-0.15, -0.1) is 12.4 Å². The first-order valence-corrected chi connectivity index (χ1v) is 7.35. The molecular formula is C15H26ClN5. The van der Waals surface area contributed by atoms with Crippen molar-refractivity contribution in [2.45, 2.75) is 59.7 Å². The van der Waals surface area contributed by atoms with E-state index in [4.69, 9.17) is 0 Å². The molecule has 0 aliphatic rings. The Morgan fingerprint density at radius 2 is 2.00 bits per heavy atom. The van der Waals surface area contributed by atoms with Crippen molar-refractivity contribution in [3.63, 3.8) is 0 Å². The van der Waals surface area contributed by atoms with Gasteiger partial charge in [0, 0.05) is 30.0 Å². The minimum Gasteiger partial charge on any atom is -0.363 e. The molecule has 21 heavy (non-hydrogen) atoms. The summed E-state index contributed by atoms with van der Waals surface area (Å²) in [6, 6.07) is 2.87. The molecule has 0 saturated heterocycles. The molecular weight excluding hydrogens is 286 g/mol. The summed E-state index contributed by atoms with van der Waals surface area (Å²) in [4.78, 5) is 0. The van der Waals surface area contributed by atoms with Crippen molar-refractivity contribution in [2.24, 2.45) is 0 Å². The minimum absolute atomic E-state index is 0. The first-order chi connectivity index (χ1) is 9.52. The molecule has 0 amide bonds. The number of nitrogens with one attached hydrogen (secondary N) is 1. The van der Waals surface area contributed by atoms with E-state index in [1.54, 1.807) is 0 Å². The van der Waals surface area contributed by atoms with Crippen molar-refractivity contribution in [3.8, 4) is 0 Å². The van der Waals surface area contributed by atoms with Crippen LogP contribution in [-0.4, -0.2) is 19.6 Å². The van der Waals surface area contributed by atoms with Gasteiger partial charge in [0.05, 0.1) is 12.2 Å². The van der Waals surface area contributed by atoms with E-state index < -0.39 is 0 Å². The minimum atomic E-state index is 0. The lowest BCUT2D eigenvalue weighted by atomic mass is 10.2. The molecule has 118 valence electrons. The topological polar surface area (TPSA) is 47.7 Å². The van der Waals surface area contributed by atoms with E-state index in [2.05, 4.69) is 67.1 Å². The van der Waals surface area contributed by atoms with Gasteiger partial charge < -0.3 is 5.32 Å². The molecule has 0 aliphatic heterocycles. The van der Waals surface area contributed by atoms with Crippen LogP contribution in [0.5, 0.6) is 0 Å².